The van der Waals surface area contributed by atoms with Crippen molar-refractivity contribution < 1.29 is 0 Å². The molecule has 0 atom stereocenters. The van der Waals surface area contributed by atoms with Gasteiger partial charge >= 0.3 is 0 Å². The minimum absolute atomic E-state index is 0.574. The lowest BCUT2D eigenvalue weighted by molar-refractivity contribution is 0.971. The van der Waals surface area contributed by atoms with Gasteiger partial charge in [0.15, 0.2) is 0 Å². The molecule has 1 heterocycles. The number of nitrogen functional groups attached to an aromatic ring is 1. The molecule has 1 aromatic carbocycles. The van der Waals surface area contributed by atoms with E-state index >= 15 is 0 Å². The molecule has 2 aromatic rings. The summed E-state index contributed by atoms with van der Waals surface area (Å²) in [4.78, 5) is 8.25. The highest BCUT2D eigenvalue weighted by Crippen LogP contribution is 2.13. The second-order valence-corrected chi connectivity index (χ2v) is 3.68. The summed E-state index contributed by atoms with van der Waals surface area (Å²) in [6, 6.07) is 7.65. The topological polar surface area (TPSA) is 51.8 Å². The summed E-state index contributed by atoms with van der Waals surface area (Å²) in [5.41, 5.74) is 7.16. The number of hydrogen-bond acceptors (Lipinski definition) is 3. The first-order chi connectivity index (χ1) is 9.24. The van der Waals surface area contributed by atoms with Gasteiger partial charge in [0.1, 0.15) is 5.82 Å². The molecule has 104 valence electrons. The van der Waals surface area contributed by atoms with Crippen LogP contribution in [0.25, 0.3) is 0 Å². The lowest BCUT2D eigenvalue weighted by Crippen LogP contribution is -1.97. The minimum atomic E-state index is 0.574. The van der Waals surface area contributed by atoms with Crippen LogP contribution in [-0.2, 0) is 6.42 Å². The number of hydrogen-bond donors (Lipinski definition) is 1. The molecular formula is C15H22ClN3. The molecule has 0 aliphatic rings. The van der Waals surface area contributed by atoms with E-state index in [1.165, 1.54) is 0 Å². The van der Waals surface area contributed by atoms with Gasteiger partial charge in [-0.25, -0.2) is 9.97 Å². The molecule has 0 fully saturated rings. The number of nitrogens with two attached hydrogens (primary N) is 1. The molecule has 0 aliphatic carbocycles. The Morgan fingerprint density at radius 1 is 1.05 bits per heavy atom. The summed E-state index contributed by atoms with van der Waals surface area (Å²) in [5.74, 6) is 0.742. The van der Waals surface area contributed by atoms with Gasteiger partial charge in [-0.15, -0.1) is 0 Å². The normalized spacial score (nSPS) is 8.68. The first-order valence-electron chi connectivity index (χ1n) is 6.55. The fourth-order valence-electron chi connectivity index (χ4n) is 1.29. The Balaban J connectivity index is 0.000000741. The van der Waals surface area contributed by atoms with Crippen LogP contribution in [0.1, 0.15) is 39.1 Å². The molecule has 0 unspecified atom stereocenters. The quantitative estimate of drug-likeness (QED) is 0.889. The van der Waals surface area contributed by atoms with Gasteiger partial charge in [-0.05, 0) is 17.7 Å². The molecule has 0 amide bonds. The summed E-state index contributed by atoms with van der Waals surface area (Å²) in [5, 5.41) is 0.725. The highest BCUT2D eigenvalue weighted by atomic mass is 35.5. The summed E-state index contributed by atoms with van der Waals surface area (Å²) >= 11 is 5.88. The highest BCUT2D eigenvalue weighted by molar-refractivity contribution is 6.30. The molecule has 0 bridgehead atoms. The average molecular weight is 280 g/mol. The zero-order valence-electron chi connectivity index (χ0n) is 12.0. The predicted octanol–water partition coefficient (Wildman–Crippen LogP) is 4.36. The summed E-state index contributed by atoms with van der Waals surface area (Å²) in [6.45, 7) is 8.00. The van der Waals surface area contributed by atoms with Crippen LogP contribution in [-0.4, -0.2) is 9.97 Å². The van der Waals surface area contributed by atoms with Crippen molar-refractivity contribution in [1.29, 1.82) is 0 Å². The second-order valence-electron chi connectivity index (χ2n) is 3.24. The number of rotatable bonds is 2. The van der Waals surface area contributed by atoms with Crippen LogP contribution >= 0.6 is 11.6 Å². The molecule has 0 saturated carbocycles. The van der Waals surface area contributed by atoms with Crippen molar-refractivity contribution in [3.8, 4) is 0 Å². The van der Waals surface area contributed by atoms with Crippen molar-refractivity contribution in [3.63, 3.8) is 0 Å². The third-order valence-electron chi connectivity index (χ3n) is 1.98. The van der Waals surface area contributed by atoms with E-state index in [4.69, 9.17) is 17.3 Å². The Hall–Kier alpha value is -1.61. The minimum Gasteiger partial charge on any atom is -0.396 e. The van der Waals surface area contributed by atoms with Gasteiger partial charge in [0, 0.05) is 11.4 Å². The molecule has 0 radical (unpaired) electrons. The largest absolute Gasteiger partial charge is 0.396 e. The van der Waals surface area contributed by atoms with Crippen molar-refractivity contribution in [2.75, 3.05) is 5.73 Å². The van der Waals surface area contributed by atoms with Crippen LogP contribution in [0.4, 0.5) is 5.69 Å². The molecule has 3 nitrogen and oxygen atoms in total. The maximum atomic E-state index is 5.88. The number of benzene rings is 1. The van der Waals surface area contributed by atoms with Crippen LogP contribution in [0.3, 0.4) is 0 Å². The fraction of sp³-hybridized carbons (Fsp3) is 0.333. The van der Waals surface area contributed by atoms with E-state index in [1.54, 1.807) is 12.4 Å². The Morgan fingerprint density at radius 3 is 2.16 bits per heavy atom. The number of anilines is 1. The number of halogens is 1. The molecule has 0 spiro atoms. The Morgan fingerprint density at radius 2 is 1.63 bits per heavy atom. The lowest BCUT2D eigenvalue weighted by Gasteiger charge is -2.01. The number of aromatic nitrogens is 2. The zero-order valence-corrected chi connectivity index (χ0v) is 12.8. The van der Waals surface area contributed by atoms with Crippen molar-refractivity contribution in [1.82, 2.24) is 9.97 Å². The first kappa shape index (κ1) is 17.4. The van der Waals surface area contributed by atoms with E-state index in [0.717, 1.165) is 16.4 Å². The van der Waals surface area contributed by atoms with Gasteiger partial charge in [0.05, 0.1) is 18.1 Å². The molecule has 0 saturated heterocycles. The molecule has 0 aliphatic heterocycles. The predicted molar refractivity (Wildman–Crippen MR) is 83.4 cm³/mol. The van der Waals surface area contributed by atoms with E-state index in [9.17, 15) is 0 Å². The maximum absolute atomic E-state index is 5.88. The maximum Gasteiger partial charge on any atom is 0.132 e. The van der Waals surface area contributed by atoms with Gasteiger partial charge in [-0.3, -0.25) is 0 Å². The molecule has 4 heteroatoms. The first-order valence-corrected chi connectivity index (χ1v) is 6.93. The molecule has 19 heavy (non-hydrogen) atoms. The molecule has 2 N–H and O–H groups in total. The van der Waals surface area contributed by atoms with Crippen molar-refractivity contribution in [2.45, 2.75) is 34.1 Å². The van der Waals surface area contributed by atoms with E-state index < -0.39 is 0 Å². The van der Waals surface area contributed by atoms with Gasteiger partial charge in [-0.2, -0.15) is 0 Å². The molecule has 2 rings (SSSR count). The fourth-order valence-corrected chi connectivity index (χ4v) is 1.50. The van der Waals surface area contributed by atoms with Gasteiger partial charge in [-0.1, -0.05) is 51.4 Å². The van der Waals surface area contributed by atoms with Crippen LogP contribution in [0.15, 0.2) is 36.7 Å². The standard InChI is InChI=1S/C11H10ClN3.2C2H6/c12-9-3-1-2-8(4-9)5-11-14-6-10(13)7-15-11;2*1-2/h1-4,6-7H,5,13H2;2*1-2H3. The van der Waals surface area contributed by atoms with Crippen LogP contribution < -0.4 is 5.73 Å². The lowest BCUT2D eigenvalue weighted by atomic mass is 10.1. The van der Waals surface area contributed by atoms with E-state index in [1.807, 2.05) is 52.0 Å². The SMILES string of the molecule is CC.CC.Nc1cnc(Cc2cccc(Cl)c2)nc1. The van der Waals surface area contributed by atoms with Crippen molar-refractivity contribution in [2.24, 2.45) is 0 Å². The molecule has 1 aromatic heterocycles. The van der Waals surface area contributed by atoms with E-state index in [2.05, 4.69) is 9.97 Å². The summed E-state index contributed by atoms with van der Waals surface area (Å²) < 4.78 is 0. The van der Waals surface area contributed by atoms with E-state index in [0.29, 0.717) is 12.1 Å². The highest BCUT2D eigenvalue weighted by Gasteiger charge is 1.99. The Labute approximate surface area is 120 Å². The van der Waals surface area contributed by atoms with Crippen molar-refractivity contribution in [3.05, 3.63) is 53.1 Å². The Kier molecular flexibility index (Phi) is 9.45. The third kappa shape index (κ3) is 6.77. The summed E-state index contributed by atoms with van der Waals surface area (Å²) in [6.07, 6.45) is 3.88. The van der Waals surface area contributed by atoms with Gasteiger partial charge in [0.2, 0.25) is 0 Å². The summed E-state index contributed by atoms with van der Waals surface area (Å²) in [7, 11) is 0. The zero-order chi connectivity index (χ0) is 14.7. The van der Waals surface area contributed by atoms with E-state index in [-0.39, 0.29) is 0 Å². The van der Waals surface area contributed by atoms with Crippen molar-refractivity contribution >= 4 is 17.3 Å². The monoisotopic (exact) mass is 279 g/mol. The Bertz CT molecular complexity index is 455. The average Bonchev–Trinajstić information content (AvgIpc) is 2.46. The number of nitrogens with zero attached hydrogens (tertiary/aromatic N) is 2. The van der Waals surface area contributed by atoms with Gasteiger partial charge in [0.25, 0.3) is 0 Å². The third-order valence-corrected chi connectivity index (χ3v) is 2.21. The second kappa shape index (κ2) is 10.3. The smallest absolute Gasteiger partial charge is 0.132 e. The van der Waals surface area contributed by atoms with Gasteiger partial charge < -0.3 is 5.73 Å². The van der Waals surface area contributed by atoms with Crippen LogP contribution in [0.2, 0.25) is 5.02 Å². The van der Waals surface area contributed by atoms with Crippen LogP contribution in [0, 0.1) is 0 Å². The van der Waals surface area contributed by atoms with Crippen LogP contribution in [0.5, 0.6) is 0 Å². The molecular weight excluding hydrogens is 258 g/mol.